The van der Waals surface area contributed by atoms with Gasteiger partial charge in [-0.3, -0.25) is 19.9 Å². The molecule has 4 rings (SSSR count). The van der Waals surface area contributed by atoms with E-state index >= 15 is 0 Å². The van der Waals surface area contributed by atoms with Crippen molar-refractivity contribution in [1.29, 1.82) is 0 Å². The van der Waals surface area contributed by atoms with Crippen LogP contribution >= 0.6 is 0 Å². The Labute approximate surface area is 164 Å². The maximum absolute atomic E-state index is 12.9. The molecule has 7 nitrogen and oxygen atoms in total. The van der Waals surface area contributed by atoms with Crippen LogP contribution in [0, 0.1) is 16.0 Å². The summed E-state index contributed by atoms with van der Waals surface area (Å²) in [7, 11) is 0. The van der Waals surface area contributed by atoms with E-state index in [2.05, 4.69) is 14.8 Å². The van der Waals surface area contributed by atoms with Crippen LogP contribution in [0.25, 0.3) is 10.9 Å². The Morgan fingerprint density at radius 2 is 1.75 bits per heavy atom. The van der Waals surface area contributed by atoms with Gasteiger partial charge in [0.2, 0.25) is 5.91 Å². The number of fused-ring (bicyclic) bond motifs is 1. The van der Waals surface area contributed by atoms with Crippen LogP contribution < -0.4 is 4.90 Å². The number of amides is 1. The van der Waals surface area contributed by atoms with E-state index in [9.17, 15) is 14.9 Å². The third-order valence-corrected chi connectivity index (χ3v) is 6.02. The molecule has 0 aliphatic carbocycles. The minimum atomic E-state index is -0.361. The summed E-state index contributed by atoms with van der Waals surface area (Å²) < 4.78 is 0. The lowest BCUT2D eigenvalue weighted by atomic mass is 9.94. The molecule has 2 fully saturated rings. The van der Waals surface area contributed by atoms with Crippen LogP contribution in [-0.4, -0.2) is 46.9 Å². The normalized spacial score (nSPS) is 18.9. The van der Waals surface area contributed by atoms with Crippen LogP contribution in [0.1, 0.15) is 38.5 Å². The van der Waals surface area contributed by atoms with Gasteiger partial charge in [-0.05, 0) is 43.9 Å². The highest BCUT2D eigenvalue weighted by Gasteiger charge is 2.30. The van der Waals surface area contributed by atoms with Gasteiger partial charge in [-0.15, -0.1) is 0 Å². The quantitative estimate of drug-likeness (QED) is 0.596. The zero-order chi connectivity index (χ0) is 19.5. The number of piperidine rings is 1. The van der Waals surface area contributed by atoms with Crippen LogP contribution in [0.3, 0.4) is 0 Å². The molecule has 2 aliphatic heterocycles. The fourth-order valence-electron chi connectivity index (χ4n) is 4.47. The molecule has 3 heterocycles. The number of nitro benzene ring substituents is 1. The smallest absolute Gasteiger partial charge is 0.278 e. The number of carbonyl (C=O) groups excluding carboxylic acids is 1. The molecule has 0 spiro atoms. The molecule has 0 N–H and O–H groups in total. The van der Waals surface area contributed by atoms with Crippen LogP contribution in [0.2, 0.25) is 0 Å². The van der Waals surface area contributed by atoms with E-state index < -0.39 is 0 Å². The molecule has 0 saturated carbocycles. The van der Waals surface area contributed by atoms with Gasteiger partial charge in [0.05, 0.1) is 16.0 Å². The molecular formula is C21H26N4O3. The predicted molar refractivity (Wildman–Crippen MR) is 108 cm³/mol. The number of nitrogens with zero attached hydrogens (tertiary/aromatic N) is 4. The summed E-state index contributed by atoms with van der Waals surface area (Å²) in [5.74, 6) is 0.403. The SMILES string of the molecule is O=C(C1CCN(c2ccc([N+](=O)[O-])c3cccnc23)CC1)N1CCCCCC1. The lowest BCUT2D eigenvalue weighted by molar-refractivity contribution is -0.383. The van der Waals surface area contributed by atoms with Crippen molar-refractivity contribution in [2.75, 3.05) is 31.1 Å². The highest BCUT2D eigenvalue weighted by molar-refractivity contribution is 5.97. The number of non-ortho nitro benzene ring substituents is 1. The number of pyridine rings is 1. The van der Waals surface area contributed by atoms with Crippen molar-refractivity contribution >= 4 is 28.2 Å². The van der Waals surface area contributed by atoms with E-state index in [1.54, 1.807) is 30.5 Å². The van der Waals surface area contributed by atoms with E-state index in [0.29, 0.717) is 16.8 Å². The first-order chi connectivity index (χ1) is 13.6. The molecule has 0 unspecified atom stereocenters. The van der Waals surface area contributed by atoms with Gasteiger partial charge in [0.1, 0.15) is 5.52 Å². The third-order valence-electron chi connectivity index (χ3n) is 6.02. The van der Waals surface area contributed by atoms with E-state index in [4.69, 9.17) is 0 Å². The van der Waals surface area contributed by atoms with E-state index in [1.807, 2.05) is 0 Å². The fraction of sp³-hybridized carbons (Fsp3) is 0.524. The minimum absolute atomic E-state index is 0.0816. The molecule has 0 bridgehead atoms. The minimum Gasteiger partial charge on any atom is -0.370 e. The zero-order valence-electron chi connectivity index (χ0n) is 16.0. The van der Waals surface area contributed by atoms with Crippen molar-refractivity contribution in [2.45, 2.75) is 38.5 Å². The van der Waals surface area contributed by atoms with E-state index in [-0.39, 0.29) is 16.5 Å². The molecule has 0 radical (unpaired) electrons. The Balaban J connectivity index is 1.49. The Hall–Kier alpha value is -2.70. The van der Waals surface area contributed by atoms with Gasteiger partial charge in [0, 0.05) is 44.4 Å². The summed E-state index contributed by atoms with van der Waals surface area (Å²) in [5.41, 5.74) is 1.66. The molecule has 148 valence electrons. The standard InChI is InChI=1S/C21H26N4O3/c26-21(24-12-3-1-2-4-13-24)16-9-14-23(15-10-16)19-8-7-18(25(27)28)17-6-5-11-22-20(17)19/h5-8,11,16H,1-4,9-10,12-15H2. The van der Waals surface area contributed by atoms with E-state index in [1.165, 1.54) is 12.8 Å². The van der Waals surface area contributed by atoms with Gasteiger partial charge >= 0.3 is 0 Å². The average Bonchev–Trinajstić information content (AvgIpc) is 3.02. The fourth-order valence-corrected chi connectivity index (χ4v) is 4.47. The Kier molecular flexibility index (Phi) is 5.41. The largest absolute Gasteiger partial charge is 0.370 e. The zero-order valence-corrected chi connectivity index (χ0v) is 16.0. The number of anilines is 1. The summed E-state index contributed by atoms with van der Waals surface area (Å²) in [6.45, 7) is 3.34. The summed E-state index contributed by atoms with van der Waals surface area (Å²) >= 11 is 0. The molecule has 1 aromatic heterocycles. The van der Waals surface area contributed by atoms with Gasteiger partial charge in [-0.25, -0.2) is 0 Å². The molecule has 2 aromatic rings. The molecule has 0 atom stereocenters. The maximum atomic E-state index is 12.9. The second-order valence-electron chi connectivity index (χ2n) is 7.76. The second kappa shape index (κ2) is 8.12. The third kappa shape index (κ3) is 3.66. The number of aromatic nitrogens is 1. The molecular weight excluding hydrogens is 356 g/mol. The Bertz CT molecular complexity index is 869. The second-order valence-corrected chi connectivity index (χ2v) is 7.76. The van der Waals surface area contributed by atoms with Crippen LogP contribution in [0.15, 0.2) is 30.5 Å². The lowest BCUT2D eigenvalue weighted by Crippen LogP contribution is -2.43. The first-order valence-corrected chi connectivity index (χ1v) is 10.2. The number of likely N-dealkylation sites (tertiary alicyclic amines) is 1. The number of rotatable bonds is 3. The molecule has 2 aliphatic rings. The van der Waals surface area contributed by atoms with Crippen LogP contribution in [0.4, 0.5) is 11.4 Å². The topological polar surface area (TPSA) is 79.6 Å². The van der Waals surface area contributed by atoms with Crippen molar-refractivity contribution in [3.63, 3.8) is 0 Å². The monoisotopic (exact) mass is 382 g/mol. The van der Waals surface area contributed by atoms with Gasteiger partial charge in [0.15, 0.2) is 0 Å². The Morgan fingerprint density at radius 1 is 1.04 bits per heavy atom. The number of nitro groups is 1. The predicted octanol–water partition coefficient (Wildman–Crippen LogP) is 3.76. The molecule has 7 heteroatoms. The number of hydrogen-bond acceptors (Lipinski definition) is 5. The lowest BCUT2D eigenvalue weighted by Gasteiger charge is -2.35. The Morgan fingerprint density at radius 3 is 2.43 bits per heavy atom. The molecule has 28 heavy (non-hydrogen) atoms. The van der Waals surface area contributed by atoms with Crippen LogP contribution in [0.5, 0.6) is 0 Å². The first kappa shape index (κ1) is 18.7. The van der Waals surface area contributed by atoms with Crippen molar-refractivity contribution in [3.8, 4) is 0 Å². The molecule has 1 amide bonds. The maximum Gasteiger partial charge on any atom is 0.278 e. The van der Waals surface area contributed by atoms with Crippen molar-refractivity contribution < 1.29 is 9.72 Å². The highest BCUT2D eigenvalue weighted by Crippen LogP contribution is 2.34. The van der Waals surface area contributed by atoms with Gasteiger partial charge in [-0.1, -0.05) is 12.8 Å². The summed E-state index contributed by atoms with van der Waals surface area (Å²) in [5, 5.41) is 11.9. The number of benzene rings is 1. The average molecular weight is 382 g/mol. The first-order valence-electron chi connectivity index (χ1n) is 10.2. The van der Waals surface area contributed by atoms with Crippen LogP contribution in [-0.2, 0) is 4.79 Å². The van der Waals surface area contributed by atoms with E-state index in [0.717, 1.165) is 57.5 Å². The number of carbonyl (C=O) groups is 1. The van der Waals surface area contributed by atoms with Crippen molar-refractivity contribution in [2.24, 2.45) is 5.92 Å². The summed E-state index contributed by atoms with van der Waals surface area (Å²) in [6, 6.07) is 6.84. The molecule has 1 aromatic carbocycles. The van der Waals surface area contributed by atoms with Crippen molar-refractivity contribution in [3.05, 3.63) is 40.6 Å². The van der Waals surface area contributed by atoms with Gasteiger partial charge in [-0.2, -0.15) is 0 Å². The van der Waals surface area contributed by atoms with Gasteiger partial charge in [0.25, 0.3) is 5.69 Å². The summed E-state index contributed by atoms with van der Waals surface area (Å²) in [6.07, 6.45) is 7.99. The van der Waals surface area contributed by atoms with Crippen molar-refractivity contribution in [1.82, 2.24) is 9.88 Å². The highest BCUT2D eigenvalue weighted by atomic mass is 16.6. The molecule has 2 saturated heterocycles. The summed E-state index contributed by atoms with van der Waals surface area (Å²) in [4.78, 5) is 32.6. The van der Waals surface area contributed by atoms with Gasteiger partial charge < -0.3 is 9.80 Å². The number of hydrogen-bond donors (Lipinski definition) is 0.